The molecule has 3 rings (SSSR count). The average Bonchev–Trinajstić information content (AvgIpc) is 2.98. The van der Waals surface area contributed by atoms with Crippen molar-refractivity contribution in [3.05, 3.63) is 34.1 Å². The van der Waals surface area contributed by atoms with Crippen molar-refractivity contribution in [1.82, 2.24) is 20.2 Å². The van der Waals surface area contributed by atoms with Gasteiger partial charge in [-0.05, 0) is 54.0 Å². The van der Waals surface area contributed by atoms with Crippen LogP contribution in [0.4, 0.5) is 0 Å². The Morgan fingerprint density at radius 3 is 2.78 bits per heavy atom. The summed E-state index contributed by atoms with van der Waals surface area (Å²) in [6.45, 7) is 2.08. The average molecular weight is 307 g/mol. The van der Waals surface area contributed by atoms with Crippen molar-refractivity contribution in [3.8, 4) is 5.69 Å². The van der Waals surface area contributed by atoms with Crippen LogP contribution in [0.3, 0.4) is 0 Å². The van der Waals surface area contributed by atoms with Crippen LogP contribution in [-0.2, 0) is 0 Å². The highest BCUT2D eigenvalue weighted by Gasteiger charge is 2.24. The topological polar surface area (TPSA) is 43.6 Å². The molecule has 1 heterocycles. The molecule has 0 aliphatic heterocycles. The summed E-state index contributed by atoms with van der Waals surface area (Å²) in [6.07, 6.45) is 4.99. The first-order valence-electron chi connectivity index (χ1n) is 6.30. The van der Waals surface area contributed by atoms with E-state index in [1.807, 2.05) is 10.7 Å². The Morgan fingerprint density at radius 2 is 2.06 bits per heavy atom. The van der Waals surface area contributed by atoms with E-state index in [0.29, 0.717) is 5.92 Å². The molecule has 18 heavy (non-hydrogen) atoms. The number of hydrogen-bond acceptors (Lipinski definition) is 3. The lowest BCUT2D eigenvalue weighted by molar-refractivity contribution is 0.635. The smallest absolute Gasteiger partial charge is 0.159 e. The lowest BCUT2D eigenvalue weighted by atomic mass is 10.1. The van der Waals surface area contributed by atoms with E-state index in [1.165, 1.54) is 31.2 Å². The van der Waals surface area contributed by atoms with Gasteiger partial charge in [-0.1, -0.05) is 28.8 Å². The minimum absolute atomic E-state index is 0.517. The van der Waals surface area contributed by atoms with Gasteiger partial charge in [-0.3, -0.25) is 0 Å². The quantitative estimate of drug-likeness (QED) is 0.854. The summed E-state index contributed by atoms with van der Waals surface area (Å²) in [5.74, 6) is 1.53. The largest absolute Gasteiger partial charge is 0.197 e. The summed E-state index contributed by atoms with van der Waals surface area (Å²) in [5, 5.41) is 12.2. The van der Waals surface area contributed by atoms with E-state index in [1.54, 1.807) is 0 Å². The Morgan fingerprint density at radius 1 is 1.28 bits per heavy atom. The number of benzene rings is 1. The number of rotatable bonds is 2. The Labute approximate surface area is 115 Å². The van der Waals surface area contributed by atoms with Crippen molar-refractivity contribution in [3.63, 3.8) is 0 Å². The van der Waals surface area contributed by atoms with Crippen molar-refractivity contribution in [1.29, 1.82) is 0 Å². The number of halogens is 1. The second kappa shape index (κ2) is 4.80. The molecule has 0 unspecified atom stereocenters. The molecule has 1 saturated carbocycles. The van der Waals surface area contributed by atoms with Gasteiger partial charge in [0.25, 0.3) is 0 Å². The SMILES string of the molecule is Cc1cc(Br)ccc1-n1nnnc1C1CCCC1. The van der Waals surface area contributed by atoms with Crippen LogP contribution in [0.15, 0.2) is 22.7 Å². The van der Waals surface area contributed by atoms with Gasteiger partial charge >= 0.3 is 0 Å². The van der Waals surface area contributed by atoms with E-state index in [4.69, 9.17) is 0 Å². The molecule has 0 saturated heterocycles. The van der Waals surface area contributed by atoms with Crippen LogP contribution in [0.2, 0.25) is 0 Å². The lowest BCUT2D eigenvalue weighted by Crippen LogP contribution is -2.08. The fourth-order valence-electron chi connectivity index (χ4n) is 2.66. The predicted octanol–water partition coefficient (Wildman–Crippen LogP) is 3.39. The highest BCUT2D eigenvalue weighted by atomic mass is 79.9. The third kappa shape index (κ3) is 2.07. The fraction of sp³-hybridized carbons (Fsp3) is 0.462. The second-order valence-electron chi connectivity index (χ2n) is 4.86. The summed E-state index contributed by atoms with van der Waals surface area (Å²) in [6, 6.07) is 6.19. The first-order chi connectivity index (χ1) is 8.75. The van der Waals surface area contributed by atoms with Crippen molar-refractivity contribution in [2.24, 2.45) is 0 Å². The molecule has 0 amide bonds. The van der Waals surface area contributed by atoms with E-state index >= 15 is 0 Å². The highest BCUT2D eigenvalue weighted by Crippen LogP contribution is 2.33. The summed E-state index contributed by atoms with van der Waals surface area (Å²) in [7, 11) is 0. The first-order valence-corrected chi connectivity index (χ1v) is 7.10. The maximum Gasteiger partial charge on any atom is 0.159 e. The van der Waals surface area contributed by atoms with Crippen LogP contribution >= 0.6 is 15.9 Å². The molecule has 1 aliphatic rings. The molecule has 94 valence electrons. The maximum absolute atomic E-state index is 4.23. The van der Waals surface area contributed by atoms with Gasteiger partial charge in [0.05, 0.1) is 5.69 Å². The molecular weight excluding hydrogens is 292 g/mol. The molecule has 0 atom stereocenters. The standard InChI is InChI=1S/C13H15BrN4/c1-9-8-11(14)6-7-12(9)18-13(15-16-17-18)10-4-2-3-5-10/h6-8,10H,2-5H2,1H3. The van der Waals surface area contributed by atoms with Gasteiger partial charge in [-0.15, -0.1) is 5.10 Å². The van der Waals surface area contributed by atoms with Gasteiger partial charge in [0.15, 0.2) is 5.82 Å². The van der Waals surface area contributed by atoms with Gasteiger partial charge in [0.2, 0.25) is 0 Å². The molecule has 0 bridgehead atoms. The molecule has 0 spiro atoms. The third-order valence-corrected chi connectivity index (χ3v) is 4.09. The van der Waals surface area contributed by atoms with E-state index in [-0.39, 0.29) is 0 Å². The normalized spacial score (nSPS) is 16.3. The van der Waals surface area contributed by atoms with Crippen LogP contribution in [-0.4, -0.2) is 20.2 Å². The number of hydrogen-bond donors (Lipinski definition) is 0. The Balaban J connectivity index is 2.03. The molecular formula is C13H15BrN4. The van der Waals surface area contributed by atoms with E-state index in [0.717, 1.165) is 16.0 Å². The van der Waals surface area contributed by atoms with Crippen molar-refractivity contribution in [2.75, 3.05) is 0 Å². The molecule has 5 heteroatoms. The van der Waals surface area contributed by atoms with Crippen molar-refractivity contribution in [2.45, 2.75) is 38.5 Å². The van der Waals surface area contributed by atoms with E-state index < -0.39 is 0 Å². The molecule has 0 radical (unpaired) electrons. The zero-order valence-corrected chi connectivity index (χ0v) is 11.9. The number of aryl methyl sites for hydroxylation is 1. The molecule has 0 N–H and O–H groups in total. The zero-order valence-electron chi connectivity index (χ0n) is 10.3. The molecule has 1 aliphatic carbocycles. The zero-order chi connectivity index (χ0) is 12.5. The van der Waals surface area contributed by atoms with Gasteiger partial charge in [-0.25, -0.2) is 0 Å². The summed E-state index contributed by atoms with van der Waals surface area (Å²) in [4.78, 5) is 0. The Kier molecular flexibility index (Phi) is 3.16. The van der Waals surface area contributed by atoms with Gasteiger partial charge in [0, 0.05) is 10.4 Å². The van der Waals surface area contributed by atoms with E-state index in [2.05, 4.69) is 50.5 Å². The number of nitrogens with zero attached hydrogens (tertiary/aromatic N) is 4. The predicted molar refractivity (Wildman–Crippen MR) is 72.8 cm³/mol. The summed E-state index contributed by atoms with van der Waals surface area (Å²) < 4.78 is 2.98. The molecule has 1 aromatic carbocycles. The highest BCUT2D eigenvalue weighted by molar-refractivity contribution is 9.10. The number of tetrazole rings is 1. The van der Waals surface area contributed by atoms with Gasteiger partial charge in [0.1, 0.15) is 0 Å². The van der Waals surface area contributed by atoms with Crippen LogP contribution in [0, 0.1) is 6.92 Å². The fourth-order valence-corrected chi connectivity index (χ4v) is 3.14. The first kappa shape index (κ1) is 11.8. The second-order valence-corrected chi connectivity index (χ2v) is 5.78. The third-order valence-electron chi connectivity index (χ3n) is 3.60. The minimum Gasteiger partial charge on any atom is -0.197 e. The Hall–Kier alpha value is -1.23. The van der Waals surface area contributed by atoms with Crippen molar-refractivity contribution >= 4 is 15.9 Å². The monoisotopic (exact) mass is 306 g/mol. The Bertz CT molecular complexity index is 558. The summed E-state index contributed by atoms with van der Waals surface area (Å²) >= 11 is 3.48. The molecule has 1 aromatic heterocycles. The van der Waals surface area contributed by atoms with Crippen LogP contribution in [0.25, 0.3) is 5.69 Å². The molecule has 2 aromatic rings. The molecule has 1 fully saturated rings. The van der Waals surface area contributed by atoms with Gasteiger partial charge in [-0.2, -0.15) is 4.68 Å². The van der Waals surface area contributed by atoms with E-state index in [9.17, 15) is 0 Å². The maximum atomic E-state index is 4.23. The molecule has 4 nitrogen and oxygen atoms in total. The summed E-state index contributed by atoms with van der Waals surface area (Å²) in [5.41, 5.74) is 2.25. The van der Waals surface area contributed by atoms with Crippen molar-refractivity contribution < 1.29 is 0 Å². The van der Waals surface area contributed by atoms with Crippen LogP contribution in [0.5, 0.6) is 0 Å². The van der Waals surface area contributed by atoms with Crippen LogP contribution in [0.1, 0.15) is 43.0 Å². The number of aromatic nitrogens is 4. The van der Waals surface area contributed by atoms with Crippen LogP contribution < -0.4 is 0 Å². The van der Waals surface area contributed by atoms with Gasteiger partial charge < -0.3 is 0 Å². The lowest BCUT2D eigenvalue weighted by Gasteiger charge is -2.11. The minimum atomic E-state index is 0.517.